The number of aromatic carboxylic acids is 1. The average molecular weight is 282 g/mol. The van der Waals surface area contributed by atoms with Crippen LogP contribution in [0.15, 0.2) is 36.8 Å². The second kappa shape index (κ2) is 5.32. The lowest BCUT2D eigenvalue weighted by molar-refractivity contribution is 0.0697. The fourth-order valence-corrected chi connectivity index (χ4v) is 2.33. The van der Waals surface area contributed by atoms with E-state index in [0.29, 0.717) is 12.1 Å². The van der Waals surface area contributed by atoms with Gasteiger partial charge in [-0.3, -0.25) is 0 Å². The molecule has 0 saturated carbocycles. The van der Waals surface area contributed by atoms with Gasteiger partial charge in [0.2, 0.25) is 0 Å². The maximum atomic E-state index is 11.0. The van der Waals surface area contributed by atoms with Crippen LogP contribution in [0.2, 0.25) is 0 Å². The molecule has 0 amide bonds. The number of benzene rings is 1. The molecule has 0 fully saturated rings. The predicted octanol–water partition coefficient (Wildman–Crippen LogP) is 2.14. The summed E-state index contributed by atoms with van der Waals surface area (Å²) in [6, 6.07) is 6.86. The predicted molar refractivity (Wildman–Crippen MR) is 77.2 cm³/mol. The molecule has 3 aromatic rings. The van der Waals surface area contributed by atoms with Gasteiger partial charge in [-0.25, -0.2) is 19.7 Å². The van der Waals surface area contributed by atoms with E-state index in [9.17, 15) is 4.79 Å². The van der Waals surface area contributed by atoms with Crippen molar-refractivity contribution in [3.63, 3.8) is 0 Å². The summed E-state index contributed by atoms with van der Waals surface area (Å²) in [5.41, 5.74) is 2.74. The van der Waals surface area contributed by atoms with Crippen molar-refractivity contribution in [3.05, 3.63) is 53.9 Å². The third-order valence-electron chi connectivity index (χ3n) is 3.35. The van der Waals surface area contributed by atoms with Gasteiger partial charge in [-0.2, -0.15) is 0 Å². The fourth-order valence-electron chi connectivity index (χ4n) is 2.33. The Hall–Kier alpha value is -2.76. The zero-order valence-corrected chi connectivity index (χ0v) is 11.5. The summed E-state index contributed by atoms with van der Waals surface area (Å²) in [6.07, 6.45) is 3.99. The Morgan fingerprint density at radius 3 is 2.86 bits per heavy atom. The molecule has 6 nitrogen and oxygen atoms in total. The summed E-state index contributed by atoms with van der Waals surface area (Å²) in [6.45, 7) is 2.62. The molecular formula is C15H14N4O2. The Morgan fingerprint density at radius 2 is 2.19 bits per heavy atom. The molecule has 2 aromatic heterocycles. The Kier molecular flexibility index (Phi) is 3.35. The lowest BCUT2D eigenvalue weighted by Gasteiger charge is -2.07. The number of carboxylic acids is 1. The molecule has 0 saturated heterocycles. The molecule has 0 aliphatic carbocycles. The normalized spacial score (nSPS) is 10.9. The SMILES string of the molecule is CCc1nc2cc(C(=O)O)ccc2n1Cc1ccncn1. The maximum Gasteiger partial charge on any atom is 0.335 e. The summed E-state index contributed by atoms with van der Waals surface area (Å²) in [4.78, 5) is 23.7. The Balaban J connectivity index is 2.10. The minimum atomic E-state index is -0.944. The minimum Gasteiger partial charge on any atom is -0.478 e. The van der Waals surface area contributed by atoms with Crippen LogP contribution in [0.3, 0.4) is 0 Å². The number of rotatable bonds is 4. The van der Waals surface area contributed by atoms with E-state index in [1.807, 2.05) is 13.0 Å². The number of carbonyl (C=O) groups is 1. The molecule has 6 heteroatoms. The molecule has 106 valence electrons. The van der Waals surface area contributed by atoms with Crippen LogP contribution in [-0.2, 0) is 13.0 Å². The molecule has 0 aliphatic heterocycles. The minimum absolute atomic E-state index is 0.247. The molecule has 2 heterocycles. The van der Waals surface area contributed by atoms with Crippen molar-refractivity contribution < 1.29 is 9.90 Å². The van der Waals surface area contributed by atoms with Crippen LogP contribution in [0.1, 0.15) is 28.8 Å². The lowest BCUT2D eigenvalue weighted by atomic mass is 10.2. The van der Waals surface area contributed by atoms with Gasteiger partial charge in [0.15, 0.2) is 0 Å². The quantitative estimate of drug-likeness (QED) is 0.792. The van der Waals surface area contributed by atoms with Gasteiger partial charge in [0, 0.05) is 12.6 Å². The van der Waals surface area contributed by atoms with Gasteiger partial charge in [0.1, 0.15) is 12.2 Å². The van der Waals surface area contributed by atoms with Crippen LogP contribution >= 0.6 is 0 Å². The van der Waals surface area contributed by atoms with Gasteiger partial charge in [-0.15, -0.1) is 0 Å². The molecule has 0 spiro atoms. The molecule has 0 atom stereocenters. The lowest BCUT2D eigenvalue weighted by Crippen LogP contribution is -2.06. The molecule has 1 aromatic carbocycles. The number of hydrogen-bond donors (Lipinski definition) is 1. The first-order chi connectivity index (χ1) is 10.2. The third-order valence-corrected chi connectivity index (χ3v) is 3.35. The van der Waals surface area contributed by atoms with E-state index < -0.39 is 5.97 Å². The highest BCUT2D eigenvalue weighted by molar-refractivity contribution is 5.92. The van der Waals surface area contributed by atoms with Crippen molar-refractivity contribution in [2.75, 3.05) is 0 Å². The Labute approximate surface area is 121 Å². The van der Waals surface area contributed by atoms with Gasteiger partial charge in [0.25, 0.3) is 0 Å². The number of nitrogens with zero attached hydrogens (tertiary/aromatic N) is 4. The van der Waals surface area contributed by atoms with Gasteiger partial charge in [-0.05, 0) is 24.3 Å². The van der Waals surface area contributed by atoms with Crippen molar-refractivity contribution in [2.24, 2.45) is 0 Å². The number of hydrogen-bond acceptors (Lipinski definition) is 4. The van der Waals surface area contributed by atoms with E-state index in [-0.39, 0.29) is 5.56 Å². The summed E-state index contributed by atoms with van der Waals surface area (Å²) in [7, 11) is 0. The summed E-state index contributed by atoms with van der Waals surface area (Å²) in [5, 5.41) is 9.06. The number of imidazole rings is 1. The topological polar surface area (TPSA) is 80.9 Å². The number of aromatic nitrogens is 4. The second-order valence-electron chi connectivity index (χ2n) is 4.68. The van der Waals surface area contributed by atoms with E-state index in [2.05, 4.69) is 19.5 Å². The number of carboxylic acid groups (broad SMARTS) is 1. The summed E-state index contributed by atoms with van der Waals surface area (Å²) < 4.78 is 2.06. The molecule has 3 rings (SSSR count). The summed E-state index contributed by atoms with van der Waals surface area (Å²) in [5.74, 6) is -0.0357. The number of fused-ring (bicyclic) bond motifs is 1. The van der Waals surface area contributed by atoms with Crippen LogP contribution in [0.5, 0.6) is 0 Å². The van der Waals surface area contributed by atoms with E-state index in [1.165, 1.54) is 6.33 Å². The molecule has 0 unspecified atom stereocenters. The zero-order chi connectivity index (χ0) is 14.8. The monoisotopic (exact) mass is 282 g/mol. The summed E-state index contributed by atoms with van der Waals surface area (Å²) >= 11 is 0. The van der Waals surface area contributed by atoms with E-state index in [4.69, 9.17) is 5.11 Å². The van der Waals surface area contributed by atoms with E-state index in [1.54, 1.807) is 24.4 Å². The van der Waals surface area contributed by atoms with Crippen molar-refractivity contribution in [2.45, 2.75) is 19.9 Å². The van der Waals surface area contributed by atoms with Gasteiger partial charge in [-0.1, -0.05) is 6.92 Å². The zero-order valence-electron chi connectivity index (χ0n) is 11.5. The van der Waals surface area contributed by atoms with Crippen LogP contribution in [0.25, 0.3) is 11.0 Å². The van der Waals surface area contributed by atoms with Crippen molar-refractivity contribution in [3.8, 4) is 0 Å². The standard InChI is InChI=1S/C15H14N4O2/c1-2-14-18-12-7-10(15(20)21)3-4-13(12)19(14)8-11-5-6-16-9-17-11/h3-7,9H,2,8H2,1H3,(H,20,21). The first kappa shape index (κ1) is 13.2. The van der Waals surface area contributed by atoms with Crippen LogP contribution in [0.4, 0.5) is 0 Å². The van der Waals surface area contributed by atoms with Crippen molar-refractivity contribution in [1.29, 1.82) is 0 Å². The third kappa shape index (κ3) is 2.47. The smallest absolute Gasteiger partial charge is 0.335 e. The molecule has 0 aliphatic rings. The van der Waals surface area contributed by atoms with Crippen LogP contribution in [0, 0.1) is 0 Å². The molecular weight excluding hydrogens is 268 g/mol. The first-order valence-corrected chi connectivity index (χ1v) is 6.66. The highest BCUT2D eigenvalue weighted by Gasteiger charge is 2.12. The van der Waals surface area contributed by atoms with Crippen molar-refractivity contribution in [1.82, 2.24) is 19.5 Å². The fraction of sp³-hybridized carbons (Fsp3) is 0.200. The first-order valence-electron chi connectivity index (χ1n) is 6.66. The molecule has 0 radical (unpaired) electrons. The average Bonchev–Trinajstić information content (AvgIpc) is 2.85. The highest BCUT2D eigenvalue weighted by Crippen LogP contribution is 2.19. The van der Waals surface area contributed by atoms with Crippen LogP contribution in [-0.4, -0.2) is 30.6 Å². The number of aryl methyl sites for hydroxylation is 1. The Bertz CT molecular complexity index is 796. The molecule has 21 heavy (non-hydrogen) atoms. The highest BCUT2D eigenvalue weighted by atomic mass is 16.4. The Morgan fingerprint density at radius 1 is 1.33 bits per heavy atom. The maximum absolute atomic E-state index is 11.0. The van der Waals surface area contributed by atoms with Crippen LogP contribution < -0.4 is 0 Å². The molecule has 1 N–H and O–H groups in total. The molecule has 0 bridgehead atoms. The van der Waals surface area contributed by atoms with Gasteiger partial charge in [0.05, 0.1) is 28.8 Å². The van der Waals surface area contributed by atoms with Gasteiger partial charge < -0.3 is 9.67 Å². The van der Waals surface area contributed by atoms with Gasteiger partial charge >= 0.3 is 5.97 Å². The van der Waals surface area contributed by atoms with Crippen molar-refractivity contribution >= 4 is 17.0 Å². The largest absolute Gasteiger partial charge is 0.478 e. The van der Waals surface area contributed by atoms with E-state index >= 15 is 0 Å². The van der Waals surface area contributed by atoms with E-state index in [0.717, 1.165) is 23.5 Å². The second-order valence-corrected chi connectivity index (χ2v) is 4.68.